The summed E-state index contributed by atoms with van der Waals surface area (Å²) in [4.78, 5) is 23.1. The van der Waals surface area contributed by atoms with Crippen molar-refractivity contribution in [2.75, 3.05) is 11.1 Å². The number of carboxylic acid groups (broad SMARTS) is 1. The van der Waals surface area contributed by atoms with Gasteiger partial charge in [-0.15, -0.1) is 10.2 Å². The van der Waals surface area contributed by atoms with Crippen LogP contribution in [-0.2, 0) is 17.9 Å². The van der Waals surface area contributed by atoms with Gasteiger partial charge in [-0.3, -0.25) is 4.79 Å². The molecular weight excluding hydrogens is 404 g/mol. The van der Waals surface area contributed by atoms with E-state index in [0.29, 0.717) is 23.2 Å². The second kappa shape index (κ2) is 9.93. The molecule has 2 N–H and O–H groups in total. The van der Waals surface area contributed by atoms with Gasteiger partial charge in [0.15, 0.2) is 11.0 Å². The third-order valence-electron chi connectivity index (χ3n) is 4.22. The monoisotopic (exact) mass is 426 g/mol. The first kappa shape index (κ1) is 21.4. The molecule has 30 heavy (non-hydrogen) atoms. The predicted molar refractivity (Wildman–Crippen MR) is 114 cm³/mol. The van der Waals surface area contributed by atoms with E-state index in [1.165, 1.54) is 23.9 Å². The third-order valence-corrected chi connectivity index (χ3v) is 5.18. The number of anilines is 1. The van der Waals surface area contributed by atoms with E-state index in [4.69, 9.17) is 9.84 Å². The lowest BCUT2D eigenvalue weighted by Gasteiger charge is -2.09. The molecule has 1 heterocycles. The van der Waals surface area contributed by atoms with Gasteiger partial charge in [0.25, 0.3) is 0 Å². The number of benzene rings is 2. The van der Waals surface area contributed by atoms with E-state index >= 15 is 0 Å². The number of nitrogens with one attached hydrogen (secondary N) is 1. The maximum absolute atomic E-state index is 12.2. The lowest BCUT2D eigenvalue weighted by atomic mass is 10.2. The maximum atomic E-state index is 12.2. The van der Waals surface area contributed by atoms with Crippen LogP contribution < -0.4 is 10.1 Å². The molecule has 0 aliphatic carbocycles. The van der Waals surface area contributed by atoms with Crippen molar-refractivity contribution in [2.24, 2.45) is 0 Å². The van der Waals surface area contributed by atoms with Gasteiger partial charge in [0.05, 0.1) is 11.3 Å². The number of nitrogens with zero attached hydrogens (tertiary/aromatic N) is 3. The van der Waals surface area contributed by atoms with Crippen LogP contribution in [0, 0.1) is 6.92 Å². The first-order valence-electron chi connectivity index (χ1n) is 9.34. The van der Waals surface area contributed by atoms with E-state index in [1.807, 2.05) is 42.7 Å². The zero-order valence-corrected chi connectivity index (χ0v) is 17.5. The SMILES string of the molecule is CCn1c(COc2cccc(C)c2)nnc1SCC(=O)Nc1ccc(C(=O)O)cc1. The third kappa shape index (κ3) is 5.60. The number of aromatic nitrogens is 3. The van der Waals surface area contributed by atoms with Crippen LogP contribution in [0.15, 0.2) is 53.7 Å². The Morgan fingerprint density at radius 3 is 2.60 bits per heavy atom. The van der Waals surface area contributed by atoms with Crippen molar-refractivity contribution < 1.29 is 19.4 Å². The molecule has 0 bridgehead atoms. The predicted octanol–water partition coefficient (Wildman–Crippen LogP) is 3.61. The standard InChI is InChI=1S/C21H22N4O4S/c1-3-25-18(12-29-17-6-4-5-14(2)11-17)23-24-21(25)30-13-19(26)22-16-9-7-15(8-10-16)20(27)28/h4-11H,3,12-13H2,1-2H3,(H,22,26)(H,27,28). The van der Waals surface area contributed by atoms with E-state index in [1.54, 1.807) is 12.1 Å². The molecule has 156 valence electrons. The number of carbonyl (C=O) groups is 2. The van der Waals surface area contributed by atoms with Gasteiger partial charge in [0.2, 0.25) is 5.91 Å². The molecule has 0 saturated carbocycles. The lowest BCUT2D eigenvalue weighted by molar-refractivity contribution is -0.113. The van der Waals surface area contributed by atoms with Crippen molar-refractivity contribution in [3.05, 3.63) is 65.5 Å². The molecule has 0 saturated heterocycles. The smallest absolute Gasteiger partial charge is 0.335 e. The lowest BCUT2D eigenvalue weighted by Crippen LogP contribution is -2.15. The van der Waals surface area contributed by atoms with E-state index in [2.05, 4.69) is 15.5 Å². The van der Waals surface area contributed by atoms with Gasteiger partial charge in [-0.1, -0.05) is 23.9 Å². The van der Waals surface area contributed by atoms with Gasteiger partial charge >= 0.3 is 5.97 Å². The first-order chi connectivity index (χ1) is 14.5. The molecule has 9 heteroatoms. The Bertz CT molecular complexity index is 1030. The largest absolute Gasteiger partial charge is 0.486 e. The van der Waals surface area contributed by atoms with Gasteiger partial charge in [0, 0.05) is 12.2 Å². The first-order valence-corrected chi connectivity index (χ1v) is 10.3. The summed E-state index contributed by atoms with van der Waals surface area (Å²) >= 11 is 1.28. The highest BCUT2D eigenvalue weighted by Gasteiger charge is 2.14. The number of hydrogen-bond acceptors (Lipinski definition) is 6. The van der Waals surface area contributed by atoms with Gasteiger partial charge in [-0.25, -0.2) is 4.79 Å². The summed E-state index contributed by atoms with van der Waals surface area (Å²) in [5.74, 6) is 0.377. The number of ether oxygens (including phenoxy) is 1. The molecule has 0 unspecified atom stereocenters. The van der Waals surface area contributed by atoms with Crippen LogP contribution >= 0.6 is 11.8 Å². The fourth-order valence-electron chi connectivity index (χ4n) is 2.73. The number of carboxylic acids is 1. The Morgan fingerprint density at radius 1 is 1.17 bits per heavy atom. The number of hydrogen-bond donors (Lipinski definition) is 2. The van der Waals surface area contributed by atoms with Crippen LogP contribution in [0.25, 0.3) is 0 Å². The van der Waals surface area contributed by atoms with Crippen LogP contribution in [0.2, 0.25) is 0 Å². The summed E-state index contributed by atoms with van der Waals surface area (Å²) in [6.45, 7) is 4.92. The van der Waals surface area contributed by atoms with Crippen molar-refractivity contribution in [2.45, 2.75) is 32.2 Å². The summed E-state index contributed by atoms with van der Waals surface area (Å²) < 4.78 is 7.72. The van der Waals surface area contributed by atoms with E-state index in [9.17, 15) is 9.59 Å². The van der Waals surface area contributed by atoms with Crippen molar-refractivity contribution in [1.82, 2.24) is 14.8 Å². The van der Waals surface area contributed by atoms with Crippen molar-refractivity contribution in [3.63, 3.8) is 0 Å². The van der Waals surface area contributed by atoms with Crippen molar-refractivity contribution >= 4 is 29.3 Å². The molecule has 3 aromatic rings. The minimum Gasteiger partial charge on any atom is -0.486 e. The van der Waals surface area contributed by atoms with Crippen molar-refractivity contribution in [3.8, 4) is 5.75 Å². The Kier molecular flexibility index (Phi) is 7.08. The summed E-state index contributed by atoms with van der Waals surface area (Å²) in [5, 5.41) is 20.7. The highest BCUT2D eigenvalue weighted by Crippen LogP contribution is 2.20. The number of thioether (sulfide) groups is 1. The van der Waals surface area contributed by atoms with Gasteiger partial charge in [0.1, 0.15) is 12.4 Å². The van der Waals surface area contributed by atoms with Crippen LogP contribution in [0.1, 0.15) is 28.7 Å². The molecule has 0 spiro atoms. The molecule has 2 aromatic carbocycles. The minimum absolute atomic E-state index is 0.150. The van der Waals surface area contributed by atoms with Crippen LogP contribution in [0.5, 0.6) is 5.75 Å². The van der Waals surface area contributed by atoms with Crippen molar-refractivity contribution in [1.29, 1.82) is 0 Å². The molecular formula is C21H22N4O4S. The Morgan fingerprint density at radius 2 is 1.93 bits per heavy atom. The molecule has 0 atom stereocenters. The van der Waals surface area contributed by atoms with Crippen LogP contribution in [0.3, 0.4) is 0 Å². The van der Waals surface area contributed by atoms with Crippen LogP contribution in [-0.4, -0.2) is 37.5 Å². The van der Waals surface area contributed by atoms with Gasteiger partial charge in [-0.2, -0.15) is 0 Å². The normalized spacial score (nSPS) is 10.6. The zero-order chi connectivity index (χ0) is 21.5. The number of aryl methyl sites for hydroxylation is 1. The van der Waals surface area contributed by atoms with E-state index in [0.717, 1.165) is 11.3 Å². The number of aromatic carboxylic acids is 1. The summed E-state index contributed by atoms with van der Waals surface area (Å²) in [7, 11) is 0. The minimum atomic E-state index is -1.01. The molecule has 0 aliphatic rings. The van der Waals surface area contributed by atoms with E-state index in [-0.39, 0.29) is 23.8 Å². The quantitative estimate of drug-likeness (QED) is 0.503. The molecule has 0 radical (unpaired) electrons. The highest BCUT2D eigenvalue weighted by atomic mass is 32.2. The fourth-order valence-corrected chi connectivity index (χ4v) is 3.55. The van der Waals surface area contributed by atoms with Gasteiger partial charge < -0.3 is 19.7 Å². The zero-order valence-electron chi connectivity index (χ0n) is 16.7. The Labute approximate surface area is 178 Å². The Balaban J connectivity index is 1.56. The second-order valence-corrected chi connectivity index (χ2v) is 7.41. The average molecular weight is 426 g/mol. The molecule has 3 rings (SSSR count). The molecule has 0 aliphatic heterocycles. The molecule has 1 amide bonds. The number of amides is 1. The number of carbonyl (C=O) groups excluding carboxylic acids is 1. The summed E-state index contributed by atoms with van der Waals surface area (Å²) in [6.07, 6.45) is 0. The van der Waals surface area contributed by atoms with Crippen LogP contribution in [0.4, 0.5) is 5.69 Å². The molecule has 8 nitrogen and oxygen atoms in total. The summed E-state index contributed by atoms with van der Waals surface area (Å²) in [5.41, 5.74) is 1.82. The molecule has 1 aromatic heterocycles. The second-order valence-electron chi connectivity index (χ2n) is 6.47. The maximum Gasteiger partial charge on any atom is 0.335 e. The molecule has 0 fully saturated rings. The average Bonchev–Trinajstić information content (AvgIpc) is 3.13. The summed E-state index contributed by atoms with van der Waals surface area (Å²) in [6, 6.07) is 13.8. The Hall–Kier alpha value is -3.33. The van der Waals surface area contributed by atoms with E-state index < -0.39 is 5.97 Å². The topological polar surface area (TPSA) is 106 Å². The highest BCUT2D eigenvalue weighted by molar-refractivity contribution is 7.99. The number of rotatable bonds is 9. The fraction of sp³-hybridized carbons (Fsp3) is 0.238. The van der Waals surface area contributed by atoms with Gasteiger partial charge in [-0.05, 0) is 55.8 Å².